The summed E-state index contributed by atoms with van der Waals surface area (Å²) in [5, 5.41) is 0.245. The molecule has 0 radical (unpaired) electrons. The van der Waals surface area contributed by atoms with Crippen molar-refractivity contribution in [3.05, 3.63) is 26.7 Å². The lowest BCUT2D eigenvalue weighted by Crippen LogP contribution is -2.48. The van der Waals surface area contributed by atoms with Crippen LogP contribution < -0.4 is 5.73 Å². The fraction of sp³-hybridized carbons (Fsp3) is 0.538. The van der Waals surface area contributed by atoms with Crippen molar-refractivity contribution in [1.82, 2.24) is 4.31 Å². The minimum Gasteiger partial charge on any atom is -0.327 e. The molecule has 2 unspecified atom stereocenters. The van der Waals surface area contributed by atoms with Crippen LogP contribution in [0.15, 0.2) is 21.5 Å². The number of hydrogen-bond donors (Lipinski definition) is 1. The van der Waals surface area contributed by atoms with Gasteiger partial charge in [0.05, 0.1) is 10.0 Å². The van der Waals surface area contributed by atoms with Gasteiger partial charge >= 0.3 is 0 Å². The van der Waals surface area contributed by atoms with Gasteiger partial charge in [-0.1, -0.05) is 52.5 Å². The zero-order valence-electron chi connectivity index (χ0n) is 11.5. The fourth-order valence-electron chi connectivity index (χ4n) is 2.57. The summed E-state index contributed by atoms with van der Waals surface area (Å²) < 4.78 is 27.7. The molecule has 4 nitrogen and oxygen atoms in total. The Morgan fingerprint density at radius 3 is 2.48 bits per heavy atom. The first-order valence-electron chi connectivity index (χ1n) is 6.67. The molecule has 21 heavy (non-hydrogen) atoms. The molecule has 0 bridgehead atoms. The second-order valence-corrected chi connectivity index (χ2v) is 8.79. The third-order valence-electron chi connectivity index (χ3n) is 3.84. The highest BCUT2D eigenvalue weighted by atomic mass is 79.9. The quantitative estimate of drug-likeness (QED) is 0.821. The molecule has 0 aromatic heterocycles. The van der Waals surface area contributed by atoms with E-state index in [4.69, 9.17) is 28.9 Å². The van der Waals surface area contributed by atoms with E-state index >= 15 is 0 Å². The van der Waals surface area contributed by atoms with Gasteiger partial charge in [-0.25, -0.2) is 8.42 Å². The molecule has 1 saturated heterocycles. The predicted octanol–water partition coefficient (Wildman–Crippen LogP) is 3.50. The van der Waals surface area contributed by atoms with Crippen molar-refractivity contribution in [1.29, 1.82) is 0 Å². The summed E-state index contributed by atoms with van der Waals surface area (Å²) in [7, 11) is -3.71. The summed E-state index contributed by atoms with van der Waals surface area (Å²) in [5.41, 5.74) is 6.03. The predicted molar refractivity (Wildman–Crippen MR) is 89.3 cm³/mol. The Hall–Kier alpha value is 0.150. The Labute approximate surface area is 143 Å². The second kappa shape index (κ2) is 6.72. The second-order valence-electron chi connectivity index (χ2n) is 5.18. The van der Waals surface area contributed by atoms with Crippen molar-refractivity contribution < 1.29 is 8.42 Å². The first-order valence-corrected chi connectivity index (χ1v) is 9.66. The maximum absolute atomic E-state index is 12.8. The number of hydrogen-bond acceptors (Lipinski definition) is 3. The van der Waals surface area contributed by atoms with Crippen molar-refractivity contribution in [3.63, 3.8) is 0 Å². The lowest BCUT2D eigenvalue weighted by Gasteiger charge is -2.35. The van der Waals surface area contributed by atoms with E-state index in [0.29, 0.717) is 24.0 Å². The normalized spacial score (nSPS) is 24.2. The number of piperidine rings is 1. The summed E-state index contributed by atoms with van der Waals surface area (Å²) in [4.78, 5) is -0.0284. The van der Waals surface area contributed by atoms with Crippen LogP contribution >= 0.6 is 39.1 Å². The monoisotopic (exact) mass is 414 g/mol. The van der Waals surface area contributed by atoms with Gasteiger partial charge in [0.2, 0.25) is 10.0 Å². The summed E-state index contributed by atoms with van der Waals surface area (Å²) in [6.07, 6.45) is 1.48. The van der Waals surface area contributed by atoms with Crippen LogP contribution in [0.3, 0.4) is 0 Å². The molecule has 8 heteroatoms. The number of rotatable bonds is 3. The summed E-state index contributed by atoms with van der Waals surface area (Å²) in [6.45, 7) is 2.81. The van der Waals surface area contributed by atoms with E-state index in [9.17, 15) is 8.42 Å². The van der Waals surface area contributed by atoms with Crippen molar-refractivity contribution in [2.24, 2.45) is 11.7 Å². The van der Waals surface area contributed by atoms with Gasteiger partial charge in [0.25, 0.3) is 0 Å². The van der Waals surface area contributed by atoms with Crippen LogP contribution in [0, 0.1) is 5.92 Å². The highest BCUT2D eigenvalue weighted by Gasteiger charge is 2.35. The lowest BCUT2D eigenvalue weighted by molar-refractivity contribution is 0.230. The third kappa shape index (κ3) is 3.57. The third-order valence-corrected chi connectivity index (χ3v) is 7.09. The molecule has 0 amide bonds. The molecule has 1 aromatic rings. The maximum atomic E-state index is 12.8. The van der Waals surface area contributed by atoms with Crippen LogP contribution in [0.4, 0.5) is 0 Å². The fourth-order valence-corrected chi connectivity index (χ4v) is 5.97. The first-order chi connectivity index (χ1) is 9.77. The van der Waals surface area contributed by atoms with Crippen molar-refractivity contribution in [2.75, 3.05) is 13.1 Å². The van der Waals surface area contributed by atoms with Crippen LogP contribution in [-0.2, 0) is 10.0 Å². The van der Waals surface area contributed by atoms with Crippen molar-refractivity contribution in [3.8, 4) is 0 Å². The molecule has 1 aliphatic heterocycles. The first kappa shape index (κ1) is 17.5. The Balaban J connectivity index is 2.39. The van der Waals surface area contributed by atoms with Crippen molar-refractivity contribution in [2.45, 2.75) is 30.7 Å². The molecule has 2 N–H and O–H groups in total. The van der Waals surface area contributed by atoms with E-state index < -0.39 is 10.0 Å². The molecule has 1 heterocycles. The molecule has 2 rings (SSSR count). The van der Waals surface area contributed by atoms with Gasteiger partial charge in [0.1, 0.15) is 4.90 Å². The summed E-state index contributed by atoms with van der Waals surface area (Å²) >= 11 is 15.4. The van der Waals surface area contributed by atoms with E-state index in [-0.39, 0.29) is 26.9 Å². The largest absolute Gasteiger partial charge is 0.327 e. The highest BCUT2D eigenvalue weighted by molar-refractivity contribution is 9.10. The molecule has 118 valence electrons. The van der Waals surface area contributed by atoms with Crippen LogP contribution in [0.5, 0.6) is 0 Å². The molecule has 0 spiro atoms. The molecule has 1 aromatic carbocycles. The average molecular weight is 416 g/mol. The summed E-state index contributed by atoms with van der Waals surface area (Å²) in [5.74, 6) is 0.154. The Bertz CT molecular complexity index is 616. The SMILES string of the molecule is CCC1CN(S(=O)(=O)c2c(Cl)cc(Br)cc2Cl)CCC1N. The van der Waals surface area contributed by atoms with E-state index in [1.165, 1.54) is 16.4 Å². The zero-order chi connectivity index (χ0) is 15.8. The van der Waals surface area contributed by atoms with Gasteiger partial charge in [-0.15, -0.1) is 0 Å². The van der Waals surface area contributed by atoms with E-state index in [1.807, 2.05) is 6.92 Å². The molecule has 1 aliphatic rings. The number of sulfonamides is 1. The number of benzene rings is 1. The molecule has 0 aliphatic carbocycles. The van der Waals surface area contributed by atoms with Crippen LogP contribution in [0.2, 0.25) is 10.0 Å². The highest BCUT2D eigenvalue weighted by Crippen LogP contribution is 2.36. The van der Waals surface area contributed by atoms with Gasteiger partial charge in [0, 0.05) is 23.6 Å². The van der Waals surface area contributed by atoms with Gasteiger partial charge in [-0.2, -0.15) is 4.31 Å². The standard InChI is InChI=1S/C13H17BrCl2N2O2S/c1-2-8-7-18(4-3-12(8)17)21(19,20)13-10(15)5-9(14)6-11(13)16/h5-6,8,12H,2-4,7,17H2,1H3. The van der Waals surface area contributed by atoms with E-state index in [0.717, 1.165) is 6.42 Å². The van der Waals surface area contributed by atoms with E-state index in [1.54, 1.807) is 0 Å². The Morgan fingerprint density at radius 1 is 1.38 bits per heavy atom. The van der Waals surface area contributed by atoms with Gasteiger partial charge < -0.3 is 5.73 Å². The minimum absolute atomic E-state index is 0.0284. The molecular formula is C13H17BrCl2N2O2S. The molecule has 1 fully saturated rings. The van der Waals surface area contributed by atoms with Crippen LogP contribution in [0.1, 0.15) is 19.8 Å². The summed E-state index contributed by atoms with van der Waals surface area (Å²) in [6, 6.07) is 3.11. The molecule has 0 saturated carbocycles. The number of halogens is 3. The van der Waals surface area contributed by atoms with Gasteiger partial charge in [-0.05, 0) is 24.5 Å². The maximum Gasteiger partial charge on any atom is 0.246 e. The topological polar surface area (TPSA) is 63.4 Å². The van der Waals surface area contributed by atoms with Gasteiger partial charge in [-0.3, -0.25) is 0 Å². The molecule has 2 atom stereocenters. The van der Waals surface area contributed by atoms with Gasteiger partial charge in [0.15, 0.2) is 0 Å². The number of nitrogens with two attached hydrogens (primary N) is 1. The van der Waals surface area contributed by atoms with E-state index in [2.05, 4.69) is 15.9 Å². The Morgan fingerprint density at radius 2 is 1.95 bits per heavy atom. The Kier molecular flexibility index (Phi) is 5.60. The average Bonchev–Trinajstić information content (AvgIpc) is 2.37. The zero-order valence-corrected chi connectivity index (χ0v) is 15.4. The molecular weight excluding hydrogens is 399 g/mol. The minimum atomic E-state index is -3.71. The number of nitrogens with zero attached hydrogens (tertiary/aromatic N) is 1. The smallest absolute Gasteiger partial charge is 0.246 e. The van der Waals surface area contributed by atoms with Crippen molar-refractivity contribution >= 4 is 49.2 Å². The van der Waals surface area contributed by atoms with Crippen LogP contribution in [0.25, 0.3) is 0 Å². The lowest BCUT2D eigenvalue weighted by atomic mass is 9.92. The van der Waals surface area contributed by atoms with Crippen LogP contribution in [-0.4, -0.2) is 31.9 Å².